The first-order valence-electron chi connectivity index (χ1n) is 8.06. The summed E-state index contributed by atoms with van der Waals surface area (Å²) in [5.74, 6) is 2.78. The van der Waals surface area contributed by atoms with E-state index in [1.807, 2.05) is 24.9 Å². The Balaban J connectivity index is 2.05. The summed E-state index contributed by atoms with van der Waals surface area (Å²) in [6.07, 6.45) is 11.0. The molecule has 0 aromatic carbocycles. The van der Waals surface area contributed by atoms with Crippen LogP contribution in [0.15, 0.2) is 6.07 Å². The van der Waals surface area contributed by atoms with Crippen LogP contribution in [0.3, 0.4) is 0 Å². The molecule has 0 spiro atoms. The van der Waals surface area contributed by atoms with E-state index in [4.69, 9.17) is 0 Å². The summed E-state index contributed by atoms with van der Waals surface area (Å²) in [7, 11) is 1.91. The molecular weight excluding hydrogens is 280 g/mol. The predicted octanol–water partition coefficient (Wildman–Crippen LogP) is 3.95. The number of aromatic nitrogens is 2. The minimum Gasteiger partial charge on any atom is -0.373 e. The van der Waals surface area contributed by atoms with Crippen LogP contribution in [0.25, 0.3) is 0 Å². The van der Waals surface area contributed by atoms with E-state index in [2.05, 4.69) is 33.8 Å². The molecule has 1 saturated carbocycles. The van der Waals surface area contributed by atoms with Gasteiger partial charge in [-0.05, 0) is 25.5 Å². The van der Waals surface area contributed by atoms with Crippen molar-refractivity contribution in [2.75, 3.05) is 30.5 Å². The molecule has 5 heteroatoms. The Morgan fingerprint density at radius 3 is 2.52 bits per heavy atom. The molecule has 21 heavy (non-hydrogen) atoms. The smallest absolute Gasteiger partial charge is 0.133 e. The van der Waals surface area contributed by atoms with Crippen molar-refractivity contribution in [3.05, 3.63) is 11.9 Å². The van der Waals surface area contributed by atoms with Gasteiger partial charge in [-0.15, -0.1) is 0 Å². The largest absolute Gasteiger partial charge is 0.373 e. The second-order valence-corrected chi connectivity index (χ2v) is 7.13. The van der Waals surface area contributed by atoms with Crippen LogP contribution in [-0.4, -0.2) is 34.6 Å². The maximum Gasteiger partial charge on any atom is 0.133 e. The van der Waals surface area contributed by atoms with E-state index < -0.39 is 0 Å². The fourth-order valence-electron chi connectivity index (χ4n) is 2.95. The van der Waals surface area contributed by atoms with Gasteiger partial charge in [0.1, 0.15) is 17.5 Å². The molecule has 2 rings (SSSR count). The van der Waals surface area contributed by atoms with Crippen molar-refractivity contribution in [1.29, 1.82) is 0 Å². The van der Waals surface area contributed by atoms with Gasteiger partial charge in [0, 0.05) is 30.8 Å². The monoisotopic (exact) mass is 308 g/mol. The summed E-state index contributed by atoms with van der Waals surface area (Å²) >= 11 is 2.02. The highest BCUT2D eigenvalue weighted by molar-refractivity contribution is 8.00. The Kier molecular flexibility index (Phi) is 6.15. The zero-order valence-electron chi connectivity index (χ0n) is 13.5. The third-order valence-electron chi connectivity index (χ3n) is 4.29. The molecule has 0 bridgehead atoms. The van der Waals surface area contributed by atoms with Gasteiger partial charge in [0.2, 0.25) is 0 Å². The average Bonchev–Trinajstić information content (AvgIpc) is 2.54. The van der Waals surface area contributed by atoms with Crippen molar-refractivity contribution in [3.8, 4) is 0 Å². The molecule has 1 aromatic rings. The highest BCUT2D eigenvalue weighted by atomic mass is 32.2. The maximum absolute atomic E-state index is 4.65. The molecule has 0 amide bonds. The van der Waals surface area contributed by atoms with Crippen molar-refractivity contribution >= 4 is 23.4 Å². The Labute approximate surface area is 132 Å². The minimum atomic E-state index is 0.383. The number of nitrogens with zero attached hydrogens (tertiary/aromatic N) is 2. The SMILES string of the molecule is CCCc1nc(NC)cc(NCC2(SC)CCCCC2)n1. The zero-order chi connectivity index (χ0) is 15.1. The number of hydrogen-bond acceptors (Lipinski definition) is 5. The summed E-state index contributed by atoms with van der Waals surface area (Å²) in [5, 5.41) is 6.70. The Hall–Kier alpha value is -0.970. The molecule has 0 saturated heterocycles. The summed E-state index contributed by atoms with van der Waals surface area (Å²) in [5.41, 5.74) is 0. The molecule has 2 N–H and O–H groups in total. The molecule has 118 valence electrons. The number of thioether (sulfide) groups is 1. The zero-order valence-corrected chi connectivity index (χ0v) is 14.4. The number of nitrogens with one attached hydrogen (secondary N) is 2. The molecule has 0 radical (unpaired) electrons. The van der Waals surface area contributed by atoms with Gasteiger partial charge in [-0.3, -0.25) is 0 Å². The standard InChI is InChI=1S/C16H28N4S/c1-4-8-13-19-14(17-2)11-15(20-13)18-12-16(21-3)9-6-5-7-10-16/h11H,4-10,12H2,1-3H3,(H2,17,18,19,20). The fraction of sp³-hybridized carbons (Fsp3) is 0.750. The van der Waals surface area contributed by atoms with E-state index in [0.717, 1.165) is 36.8 Å². The maximum atomic E-state index is 4.65. The summed E-state index contributed by atoms with van der Waals surface area (Å²) in [4.78, 5) is 9.16. The molecule has 1 heterocycles. The molecule has 0 aliphatic heterocycles. The van der Waals surface area contributed by atoms with Gasteiger partial charge >= 0.3 is 0 Å². The Morgan fingerprint density at radius 2 is 1.90 bits per heavy atom. The Bertz CT molecular complexity index is 444. The molecule has 4 nitrogen and oxygen atoms in total. The topological polar surface area (TPSA) is 49.8 Å². The van der Waals surface area contributed by atoms with Crippen LogP contribution in [-0.2, 0) is 6.42 Å². The van der Waals surface area contributed by atoms with Crippen LogP contribution in [0, 0.1) is 0 Å². The first-order valence-corrected chi connectivity index (χ1v) is 9.28. The molecular formula is C16H28N4S. The van der Waals surface area contributed by atoms with Crippen LogP contribution in [0.2, 0.25) is 0 Å². The lowest BCUT2D eigenvalue weighted by Gasteiger charge is -2.36. The molecule has 1 aromatic heterocycles. The van der Waals surface area contributed by atoms with Crippen molar-refractivity contribution in [2.24, 2.45) is 0 Å². The van der Waals surface area contributed by atoms with Gasteiger partial charge in [0.25, 0.3) is 0 Å². The van der Waals surface area contributed by atoms with Crippen molar-refractivity contribution in [1.82, 2.24) is 9.97 Å². The van der Waals surface area contributed by atoms with Crippen molar-refractivity contribution < 1.29 is 0 Å². The van der Waals surface area contributed by atoms with E-state index in [0.29, 0.717) is 4.75 Å². The third kappa shape index (κ3) is 4.50. The normalized spacial score (nSPS) is 17.5. The number of anilines is 2. The van der Waals surface area contributed by atoms with Crippen LogP contribution in [0.5, 0.6) is 0 Å². The molecule has 0 atom stereocenters. The van der Waals surface area contributed by atoms with E-state index >= 15 is 0 Å². The number of rotatable bonds is 7. The van der Waals surface area contributed by atoms with E-state index in [-0.39, 0.29) is 0 Å². The highest BCUT2D eigenvalue weighted by Gasteiger charge is 2.30. The minimum absolute atomic E-state index is 0.383. The lowest BCUT2D eigenvalue weighted by atomic mass is 9.88. The van der Waals surface area contributed by atoms with Crippen LogP contribution < -0.4 is 10.6 Å². The van der Waals surface area contributed by atoms with Gasteiger partial charge in [-0.1, -0.05) is 26.2 Å². The second-order valence-electron chi connectivity index (χ2n) is 5.86. The van der Waals surface area contributed by atoms with Crippen molar-refractivity contribution in [2.45, 2.75) is 56.6 Å². The molecule has 1 fully saturated rings. The van der Waals surface area contributed by atoms with E-state index in [1.165, 1.54) is 32.1 Å². The second kappa shape index (κ2) is 7.87. The Morgan fingerprint density at radius 1 is 1.19 bits per heavy atom. The first kappa shape index (κ1) is 16.4. The van der Waals surface area contributed by atoms with Gasteiger partial charge in [-0.25, -0.2) is 9.97 Å². The van der Waals surface area contributed by atoms with Gasteiger partial charge in [0.15, 0.2) is 0 Å². The van der Waals surface area contributed by atoms with Crippen LogP contribution in [0.4, 0.5) is 11.6 Å². The number of aryl methyl sites for hydroxylation is 1. The first-order chi connectivity index (χ1) is 10.2. The predicted molar refractivity (Wildman–Crippen MR) is 93.4 cm³/mol. The summed E-state index contributed by atoms with van der Waals surface area (Å²) < 4.78 is 0.383. The van der Waals surface area contributed by atoms with Crippen molar-refractivity contribution in [3.63, 3.8) is 0 Å². The quantitative estimate of drug-likeness (QED) is 0.799. The van der Waals surface area contributed by atoms with E-state index in [9.17, 15) is 0 Å². The van der Waals surface area contributed by atoms with Gasteiger partial charge < -0.3 is 10.6 Å². The molecule has 1 aliphatic carbocycles. The summed E-state index contributed by atoms with van der Waals surface area (Å²) in [6.45, 7) is 3.16. The van der Waals surface area contributed by atoms with Gasteiger partial charge in [-0.2, -0.15) is 11.8 Å². The lowest BCUT2D eigenvalue weighted by Crippen LogP contribution is -2.35. The van der Waals surface area contributed by atoms with Crippen LogP contribution >= 0.6 is 11.8 Å². The van der Waals surface area contributed by atoms with Crippen LogP contribution in [0.1, 0.15) is 51.3 Å². The average molecular weight is 308 g/mol. The third-order valence-corrected chi connectivity index (χ3v) is 5.71. The van der Waals surface area contributed by atoms with Gasteiger partial charge in [0.05, 0.1) is 0 Å². The number of hydrogen-bond donors (Lipinski definition) is 2. The fourth-order valence-corrected chi connectivity index (χ4v) is 3.87. The highest BCUT2D eigenvalue weighted by Crippen LogP contribution is 2.38. The molecule has 1 aliphatic rings. The van der Waals surface area contributed by atoms with E-state index in [1.54, 1.807) is 0 Å². The molecule has 0 unspecified atom stereocenters. The summed E-state index contributed by atoms with van der Waals surface area (Å²) in [6, 6.07) is 2.01. The lowest BCUT2D eigenvalue weighted by molar-refractivity contribution is 0.411.